The number of hydrogen-bond donors (Lipinski definition) is 1. The second-order valence-electron chi connectivity index (χ2n) is 5.41. The highest BCUT2D eigenvalue weighted by Gasteiger charge is 2.13. The van der Waals surface area contributed by atoms with Crippen LogP contribution in [0.3, 0.4) is 0 Å². The molecule has 4 nitrogen and oxygen atoms in total. The summed E-state index contributed by atoms with van der Waals surface area (Å²) in [5, 5.41) is 10.4. The summed E-state index contributed by atoms with van der Waals surface area (Å²) in [6.07, 6.45) is 1.86. The highest BCUT2D eigenvalue weighted by molar-refractivity contribution is 6.42. The largest absolute Gasteiger partial charge is 0.480 e. The number of carboxylic acid groups (broad SMARTS) is 1. The summed E-state index contributed by atoms with van der Waals surface area (Å²) >= 11 is 12.2. The van der Waals surface area contributed by atoms with Crippen LogP contribution < -0.4 is 5.43 Å². The fourth-order valence-electron chi connectivity index (χ4n) is 2.70. The topological polar surface area (TPSA) is 59.3 Å². The van der Waals surface area contributed by atoms with Gasteiger partial charge in [0, 0.05) is 23.6 Å². The van der Waals surface area contributed by atoms with Crippen LogP contribution in [0.2, 0.25) is 10.0 Å². The van der Waals surface area contributed by atoms with Crippen LogP contribution in [-0.2, 0) is 17.8 Å². The Bertz CT molecular complexity index is 995. The van der Waals surface area contributed by atoms with Gasteiger partial charge in [-0.1, -0.05) is 47.5 Å². The van der Waals surface area contributed by atoms with Crippen molar-refractivity contribution < 1.29 is 9.90 Å². The van der Waals surface area contributed by atoms with Crippen molar-refractivity contribution in [2.24, 2.45) is 0 Å². The van der Waals surface area contributed by atoms with Crippen LogP contribution >= 0.6 is 23.2 Å². The SMILES string of the molecule is O=C(O)Cn1cc(Cc2cccc(Cl)c2Cl)c(=O)c2ccccc21. The molecule has 0 saturated carbocycles. The number of hydrogen-bond acceptors (Lipinski definition) is 2. The van der Waals surface area contributed by atoms with E-state index in [-0.39, 0.29) is 18.4 Å². The summed E-state index contributed by atoms with van der Waals surface area (Å²) in [6, 6.07) is 12.2. The molecule has 0 spiro atoms. The van der Waals surface area contributed by atoms with Gasteiger partial charge in [-0.05, 0) is 23.8 Å². The summed E-state index contributed by atoms with van der Waals surface area (Å²) in [6.45, 7) is -0.225. The number of pyridine rings is 1. The van der Waals surface area contributed by atoms with Crippen molar-refractivity contribution in [3.05, 3.63) is 80.1 Å². The molecule has 122 valence electrons. The molecule has 0 aliphatic carbocycles. The zero-order valence-corrected chi connectivity index (χ0v) is 14.0. The Hall–Kier alpha value is -2.30. The third kappa shape index (κ3) is 3.16. The second kappa shape index (κ2) is 6.67. The minimum Gasteiger partial charge on any atom is -0.480 e. The Labute approximate surface area is 147 Å². The summed E-state index contributed by atoms with van der Waals surface area (Å²) in [7, 11) is 0. The number of aliphatic carboxylic acids is 1. The molecule has 0 unspecified atom stereocenters. The zero-order chi connectivity index (χ0) is 17.3. The molecule has 0 amide bonds. The van der Waals surface area contributed by atoms with E-state index in [1.165, 1.54) is 0 Å². The van der Waals surface area contributed by atoms with E-state index in [9.17, 15) is 9.59 Å². The van der Waals surface area contributed by atoms with Gasteiger partial charge in [0.05, 0.1) is 15.6 Å². The predicted molar refractivity (Wildman–Crippen MR) is 95.1 cm³/mol. The van der Waals surface area contributed by atoms with Crippen LogP contribution in [0.25, 0.3) is 10.9 Å². The van der Waals surface area contributed by atoms with Gasteiger partial charge >= 0.3 is 5.97 Å². The number of para-hydroxylation sites is 1. The van der Waals surface area contributed by atoms with Gasteiger partial charge < -0.3 is 9.67 Å². The Morgan fingerprint density at radius 2 is 1.79 bits per heavy atom. The zero-order valence-electron chi connectivity index (χ0n) is 12.5. The number of carbonyl (C=O) groups is 1. The molecule has 0 atom stereocenters. The summed E-state index contributed by atoms with van der Waals surface area (Å²) in [4.78, 5) is 23.9. The quantitative estimate of drug-likeness (QED) is 0.764. The van der Waals surface area contributed by atoms with Gasteiger partial charge in [0.1, 0.15) is 6.54 Å². The number of fused-ring (bicyclic) bond motifs is 1. The molecule has 0 saturated heterocycles. The lowest BCUT2D eigenvalue weighted by Crippen LogP contribution is -2.18. The highest BCUT2D eigenvalue weighted by Crippen LogP contribution is 2.27. The molecule has 1 heterocycles. The van der Waals surface area contributed by atoms with Gasteiger partial charge in [0.2, 0.25) is 0 Å². The molecule has 0 fully saturated rings. The second-order valence-corrected chi connectivity index (χ2v) is 6.20. The maximum Gasteiger partial charge on any atom is 0.323 e. The number of aromatic nitrogens is 1. The standard InChI is InChI=1S/C18H13Cl2NO3/c19-14-6-3-4-11(17(14)20)8-12-9-21(10-16(22)23)15-7-2-1-5-13(15)18(12)24/h1-7,9H,8,10H2,(H,22,23). The number of halogens is 2. The van der Waals surface area contributed by atoms with E-state index in [2.05, 4.69) is 0 Å². The molecule has 0 aliphatic rings. The Balaban J connectivity index is 2.17. The Morgan fingerprint density at radius 3 is 2.54 bits per heavy atom. The fourth-order valence-corrected chi connectivity index (χ4v) is 3.08. The van der Waals surface area contributed by atoms with Crippen molar-refractivity contribution in [1.82, 2.24) is 4.57 Å². The lowest BCUT2D eigenvalue weighted by molar-refractivity contribution is -0.137. The molecule has 0 radical (unpaired) electrons. The molecule has 6 heteroatoms. The van der Waals surface area contributed by atoms with E-state index < -0.39 is 5.97 Å². The van der Waals surface area contributed by atoms with Gasteiger partial charge in [0.15, 0.2) is 5.43 Å². The number of nitrogens with zero attached hydrogens (tertiary/aromatic N) is 1. The lowest BCUT2D eigenvalue weighted by atomic mass is 10.0. The average molecular weight is 362 g/mol. The molecule has 0 aliphatic heterocycles. The van der Waals surface area contributed by atoms with Crippen LogP contribution in [0, 0.1) is 0 Å². The van der Waals surface area contributed by atoms with E-state index in [1.807, 2.05) is 0 Å². The third-order valence-electron chi connectivity index (χ3n) is 3.78. The fraction of sp³-hybridized carbons (Fsp3) is 0.111. The molecule has 3 rings (SSSR count). The van der Waals surface area contributed by atoms with Crippen molar-refractivity contribution >= 4 is 40.1 Å². The molecular formula is C18H13Cl2NO3. The van der Waals surface area contributed by atoms with Gasteiger partial charge in [-0.15, -0.1) is 0 Å². The first-order chi connectivity index (χ1) is 11.5. The van der Waals surface area contributed by atoms with Crippen molar-refractivity contribution in [3.8, 4) is 0 Å². The normalized spacial score (nSPS) is 10.9. The van der Waals surface area contributed by atoms with Gasteiger partial charge in [-0.3, -0.25) is 9.59 Å². The van der Waals surface area contributed by atoms with Crippen LogP contribution in [0.1, 0.15) is 11.1 Å². The Kier molecular flexibility index (Phi) is 4.60. The van der Waals surface area contributed by atoms with Gasteiger partial charge in [0.25, 0.3) is 0 Å². The predicted octanol–water partition coefficient (Wildman–Crippen LogP) is 3.98. The summed E-state index contributed by atoms with van der Waals surface area (Å²) < 4.78 is 1.56. The van der Waals surface area contributed by atoms with E-state index in [1.54, 1.807) is 53.2 Å². The van der Waals surface area contributed by atoms with E-state index in [0.717, 1.165) is 5.56 Å². The highest BCUT2D eigenvalue weighted by atomic mass is 35.5. The maximum atomic E-state index is 12.7. The number of benzene rings is 2. The van der Waals surface area contributed by atoms with Crippen LogP contribution in [0.5, 0.6) is 0 Å². The first kappa shape index (κ1) is 16.6. The molecule has 2 aromatic carbocycles. The monoisotopic (exact) mass is 361 g/mol. The molecule has 0 bridgehead atoms. The summed E-state index contributed by atoms with van der Waals surface area (Å²) in [5.74, 6) is -0.976. The van der Waals surface area contributed by atoms with Crippen LogP contribution in [-0.4, -0.2) is 15.6 Å². The summed E-state index contributed by atoms with van der Waals surface area (Å²) in [5.41, 5.74) is 1.65. The minimum absolute atomic E-state index is 0.136. The maximum absolute atomic E-state index is 12.7. The molecule has 1 N–H and O–H groups in total. The average Bonchev–Trinajstić information content (AvgIpc) is 2.55. The molecule has 24 heavy (non-hydrogen) atoms. The molecular weight excluding hydrogens is 349 g/mol. The minimum atomic E-state index is -0.976. The molecule has 3 aromatic rings. The van der Waals surface area contributed by atoms with Crippen LogP contribution in [0.15, 0.2) is 53.5 Å². The number of rotatable bonds is 4. The Morgan fingerprint density at radius 1 is 1.04 bits per heavy atom. The van der Waals surface area contributed by atoms with Gasteiger partial charge in [-0.2, -0.15) is 0 Å². The van der Waals surface area contributed by atoms with Gasteiger partial charge in [-0.25, -0.2) is 0 Å². The van der Waals surface area contributed by atoms with Crippen molar-refractivity contribution in [1.29, 1.82) is 0 Å². The first-order valence-corrected chi connectivity index (χ1v) is 7.98. The van der Waals surface area contributed by atoms with E-state index in [0.29, 0.717) is 26.5 Å². The third-order valence-corrected chi connectivity index (χ3v) is 4.64. The van der Waals surface area contributed by atoms with E-state index in [4.69, 9.17) is 28.3 Å². The van der Waals surface area contributed by atoms with Crippen molar-refractivity contribution in [3.63, 3.8) is 0 Å². The number of carboxylic acids is 1. The van der Waals surface area contributed by atoms with Crippen molar-refractivity contribution in [2.45, 2.75) is 13.0 Å². The van der Waals surface area contributed by atoms with E-state index >= 15 is 0 Å². The van der Waals surface area contributed by atoms with Crippen LogP contribution in [0.4, 0.5) is 0 Å². The first-order valence-electron chi connectivity index (χ1n) is 7.23. The smallest absolute Gasteiger partial charge is 0.323 e. The van der Waals surface area contributed by atoms with Crippen molar-refractivity contribution in [2.75, 3.05) is 0 Å². The lowest BCUT2D eigenvalue weighted by Gasteiger charge is -2.12. The molecule has 1 aromatic heterocycles.